The molecule has 0 aliphatic heterocycles. The summed E-state index contributed by atoms with van der Waals surface area (Å²) in [5.74, 6) is -0.922. The molecule has 3 N–H and O–H groups in total. The second-order valence-corrected chi connectivity index (χ2v) is 8.23. The van der Waals surface area contributed by atoms with Crippen LogP contribution >= 0.6 is 0 Å². The van der Waals surface area contributed by atoms with Gasteiger partial charge in [-0.2, -0.15) is 0 Å². The third-order valence-electron chi connectivity index (χ3n) is 5.54. The van der Waals surface area contributed by atoms with E-state index >= 15 is 0 Å². The normalized spacial score (nSPS) is 23.1. The summed E-state index contributed by atoms with van der Waals surface area (Å²) in [5, 5.41) is 32.1. The van der Waals surface area contributed by atoms with Gasteiger partial charge in [0.15, 0.2) is 0 Å². The van der Waals surface area contributed by atoms with Gasteiger partial charge in [0.2, 0.25) is 0 Å². The first-order valence-corrected chi connectivity index (χ1v) is 9.93. The van der Waals surface area contributed by atoms with Crippen molar-refractivity contribution in [2.75, 3.05) is 0 Å². The summed E-state index contributed by atoms with van der Waals surface area (Å²) in [4.78, 5) is 0. The second kappa shape index (κ2) is 8.94. The van der Waals surface area contributed by atoms with Crippen LogP contribution in [-0.4, -0.2) is 20.9 Å². The number of rotatable bonds is 8. The minimum Gasteiger partial charge on any atom is -0.507 e. The maximum Gasteiger partial charge on any atom is 0.123 e. The minimum atomic E-state index is -2.22. The largest absolute Gasteiger partial charge is 0.507 e. The molecule has 2 unspecified atom stereocenters. The minimum absolute atomic E-state index is 0.0316. The van der Waals surface area contributed by atoms with Crippen molar-refractivity contribution in [3.8, 4) is 11.5 Å². The number of aliphatic hydroxyl groups is 1. The van der Waals surface area contributed by atoms with Gasteiger partial charge in [0.25, 0.3) is 0 Å². The first-order chi connectivity index (χ1) is 13.4. The zero-order valence-electron chi connectivity index (χ0n) is 19.4. The van der Waals surface area contributed by atoms with Crippen LogP contribution in [0.1, 0.15) is 93.7 Å². The molecule has 146 valence electrons. The number of hydrogen-bond donors (Lipinski definition) is 3. The highest BCUT2D eigenvalue weighted by Crippen LogP contribution is 2.47. The standard InChI is InChI=1S/C23H36O3/c1-5-6-7-8-9-10-17-14-20(24)22(21(25)15-17)18-13-16(2)11-12-19(18)23(3,4)26/h13-15,18-19,24-26H,5-12H2,1-4H3/i2D3. The van der Waals surface area contributed by atoms with Crippen molar-refractivity contribution in [1.82, 2.24) is 0 Å². The number of aromatic hydroxyl groups is 2. The van der Waals surface area contributed by atoms with E-state index in [9.17, 15) is 15.3 Å². The van der Waals surface area contributed by atoms with Gasteiger partial charge >= 0.3 is 0 Å². The van der Waals surface area contributed by atoms with Gasteiger partial charge in [-0.25, -0.2) is 0 Å². The van der Waals surface area contributed by atoms with Crippen LogP contribution in [-0.2, 0) is 6.42 Å². The number of unbranched alkanes of at least 4 members (excludes halogenated alkanes) is 4. The second-order valence-electron chi connectivity index (χ2n) is 8.23. The SMILES string of the molecule is [2H]C([2H])([2H])C1=CC(c2c(O)cc(CCCCCCC)cc2O)C(C(C)(C)O)CC1. The van der Waals surface area contributed by atoms with Crippen molar-refractivity contribution >= 4 is 0 Å². The van der Waals surface area contributed by atoms with Crippen molar-refractivity contribution in [2.24, 2.45) is 5.92 Å². The van der Waals surface area contributed by atoms with Gasteiger partial charge in [0.1, 0.15) is 11.5 Å². The van der Waals surface area contributed by atoms with Crippen LogP contribution in [0, 0.1) is 5.92 Å². The Morgan fingerprint density at radius 2 is 1.77 bits per heavy atom. The first kappa shape index (κ1) is 16.7. The number of benzene rings is 1. The van der Waals surface area contributed by atoms with Gasteiger partial charge in [-0.05, 0) is 70.0 Å². The van der Waals surface area contributed by atoms with E-state index in [0.717, 1.165) is 24.8 Å². The molecule has 0 saturated carbocycles. The van der Waals surface area contributed by atoms with Crippen LogP contribution in [0.15, 0.2) is 23.8 Å². The van der Waals surface area contributed by atoms with E-state index in [4.69, 9.17) is 4.11 Å². The predicted molar refractivity (Wildman–Crippen MR) is 108 cm³/mol. The molecule has 0 spiro atoms. The Hall–Kier alpha value is -1.48. The van der Waals surface area contributed by atoms with Crippen molar-refractivity contribution < 1.29 is 19.4 Å². The fraction of sp³-hybridized carbons (Fsp3) is 0.652. The zero-order valence-corrected chi connectivity index (χ0v) is 16.4. The van der Waals surface area contributed by atoms with Gasteiger partial charge in [-0.15, -0.1) is 0 Å². The lowest BCUT2D eigenvalue weighted by atomic mass is 9.69. The Morgan fingerprint density at radius 3 is 2.35 bits per heavy atom. The molecule has 0 heterocycles. The summed E-state index contributed by atoms with van der Waals surface area (Å²) >= 11 is 0. The van der Waals surface area contributed by atoms with Gasteiger partial charge in [-0.3, -0.25) is 0 Å². The van der Waals surface area contributed by atoms with E-state index in [1.54, 1.807) is 32.1 Å². The Bertz CT molecular complexity index is 694. The monoisotopic (exact) mass is 363 g/mol. The Balaban J connectivity index is 2.33. The highest BCUT2D eigenvalue weighted by atomic mass is 16.3. The molecule has 26 heavy (non-hydrogen) atoms. The topological polar surface area (TPSA) is 60.7 Å². The summed E-state index contributed by atoms with van der Waals surface area (Å²) in [6.45, 7) is 3.34. The summed E-state index contributed by atoms with van der Waals surface area (Å²) < 4.78 is 23.2. The predicted octanol–water partition coefficient (Wildman–Crippen LogP) is 5.82. The molecule has 0 saturated heterocycles. The quantitative estimate of drug-likeness (QED) is 0.403. The number of aryl methyl sites for hydroxylation is 1. The van der Waals surface area contributed by atoms with E-state index < -0.39 is 18.4 Å². The lowest BCUT2D eigenvalue weighted by Crippen LogP contribution is -2.36. The molecule has 0 aromatic heterocycles. The van der Waals surface area contributed by atoms with Crippen molar-refractivity contribution in [3.05, 3.63) is 34.9 Å². The third kappa shape index (κ3) is 5.26. The third-order valence-corrected chi connectivity index (χ3v) is 5.54. The zero-order chi connectivity index (χ0) is 21.8. The lowest BCUT2D eigenvalue weighted by molar-refractivity contribution is 0.00421. The van der Waals surface area contributed by atoms with Crippen LogP contribution in [0.25, 0.3) is 0 Å². The van der Waals surface area contributed by atoms with E-state index in [0.29, 0.717) is 24.0 Å². The fourth-order valence-corrected chi connectivity index (χ4v) is 4.08. The molecule has 2 atom stereocenters. The molecule has 1 aliphatic carbocycles. The van der Waals surface area contributed by atoms with E-state index in [2.05, 4.69) is 6.92 Å². The van der Waals surface area contributed by atoms with Gasteiger partial charge in [0.05, 0.1) is 5.60 Å². The van der Waals surface area contributed by atoms with Gasteiger partial charge < -0.3 is 15.3 Å². The molecule has 1 aromatic rings. The molecule has 0 radical (unpaired) electrons. The summed E-state index contributed by atoms with van der Waals surface area (Å²) in [5.41, 5.74) is 0.434. The highest BCUT2D eigenvalue weighted by Gasteiger charge is 2.38. The first-order valence-electron chi connectivity index (χ1n) is 11.4. The van der Waals surface area contributed by atoms with Crippen molar-refractivity contribution in [1.29, 1.82) is 0 Å². The number of phenols is 2. The van der Waals surface area contributed by atoms with Crippen LogP contribution < -0.4 is 0 Å². The fourth-order valence-electron chi connectivity index (χ4n) is 4.08. The summed E-state index contributed by atoms with van der Waals surface area (Å²) in [6.07, 6.45) is 8.96. The molecule has 0 bridgehead atoms. The highest BCUT2D eigenvalue weighted by molar-refractivity contribution is 5.51. The Morgan fingerprint density at radius 1 is 1.12 bits per heavy atom. The summed E-state index contributed by atoms with van der Waals surface area (Å²) in [7, 11) is 0. The molecular weight excluding hydrogens is 324 g/mol. The maximum atomic E-state index is 10.7. The van der Waals surface area contributed by atoms with E-state index in [-0.39, 0.29) is 17.4 Å². The van der Waals surface area contributed by atoms with Gasteiger partial charge in [0, 0.05) is 15.6 Å². The average Bonchev–Trinajstić information content (AvgIpc) is 2.59. The average molecular weight is 364 g/mol. The number of phenolic OH excluding ortho intramolecular Hbond substituents is 2. The number of allylic oxidation sites excluding steroid dienone is 2. The lowest BCUT2D eigenvalue weighted by Gasteiger charge is -2.38. The molecular formula is C23H36O3. The van der Waals surface area contributed by atoms with Gasteiger partial charge in [-0.1, -0.05) is 44.3 Å². The molecule has 3 heteroatoms. The summed E-state index contributed by atoms with van der Waals surface area (Å²) in [6, 6.07) is 3.35. The maximum absolute atomic E-state index is 10.7. The van der Waals surface area contributed by atoms with E-state index in [1.807, 2.05) is 0 Å². The smallest absolute Gasteiger partial charge is 0.123 e. The van der Waals surface area contributed by atoms with E-state index in [1.165, 1.54) is 19.3 Å². The Kier molecular flexibility index (Phi) is 5.74. The van der Waals surface area contributed by atoms with Crippen LogP contribution in [0.3, 0.4) is 0 Å². The molecule has 2 rings (SSSR count). The Labute approximate surface area is 163 Å². The molecule has 1 aromatic carbocycles. The van der Waals surface area contributed by atoms with Crippen LogP contribution in [0.2, 0.25) is 0 Å². The molecule has 0 amide bonds. The van der Waals surface area contributed by atoms with Crippen LogP contribution in [0.4, 0.5) is 0 Å². The number of hydrogen-bond acceptors (Lipinski definition) is 3. The van der Waals surface area contributed by atoms with Crippen LogP contribution in [0.5, 0.6) is 11.5 Å². The molecule has 3 nitrogen and oxygen atoms in total. The van der Waals surface area contributed by atoms with Crippen molar-refractivity contribution in [2.45, 2.75) is 90.5 Å². The molecule has 0 fully saturated rings. The van der Waals surface area contributed by atoms with Crippen molar-refractivity contribution in [3.63, 3.8) is 0 Å². The molecule has 1 aliphatic rings.